The van der Waals surface area contributed by atoms with Crippen molar-refractivity contribution >= 4 is 60.7 Å². The van der Waals surface area contributed by atoms with E-state index in [0.717, 1.165) is 25.3 Å². The number of para-hydroxylation sites is 1. The van der Waals surface area contributed by atoms with E-state index in [4.69, 9.17) is 11.6 Å². The Morgan fingerprint density at radius 3 is 2.57 bits per heavy atom. The number of aromatic amines is 1. The molecule has 0 saturated carbocycles. The molecule has 2 aromatic heterocycles. The molecule has 0 radical (unpaired) electrons. The maximum atomic E-state index is 6.64. The zero-order valence-electron chi connectivity index (χ0n) is 10.9. The normalized spacial score (nSPS) is 13.0. The molecule has 0 aliphatic heterocycles. The number of H-pyrrole nitrogens is 1. The summed E-state index contributed by atoms with van der Waals surface area (Å²) in [6.07, 6.45) is 0. The molecule has 0 aliphatic rings. The fourth-order valence-corrected chi connectivity index (χ4v) is 4.42. The molecule has 21 heavy (non-hydrogen) atoms. The lowest BCUT2D eigenvalue weighted by Gasteiger charge is -2.07. The summed E-state index contributed by atoms with van der Waals surface area (Å²) >= 11 is 11.8. The summed E-state index contributed by atoms with van der Waals surface area (Å²) in [6.45, 7) is 0. The number of hydrogen-bond acceptors (Lipinski definition) is 1. The Bertz CT molecular complexity index is 940. The Kier molecular flexibility index (Phi) is 3.29. The number of alkyl halides is 1. The number of nitrogens with one attached hydrogen (secondary N) is 1. The fourth-order valence-electron chi connectivity index (χ4n) is 2.65. The summed E-state index contributed by atoms with van der Waals surface area (Å²) in [5, 5.41) is 2.36. The average Bonchev–Trinajstić information content (AvgIpc) is 3.09. The van der Waals surface area contributed by atoms with Crippen molar-refractivity contribution < 1.29 is 0 Å². The lowest BCUT2D eigenvalue weighted by Crippen LogP contribution is -1.89. The number of halogens is 2. The first-order valence-electron chi connectivity index (χ1n) is 6.62. The third-order valence-electron chi connectivity index (χ3n) is 3.67. The van der Waals surface area contributed by atoms with E-state index in [1.54, 1.807) is 11.3 Å². The lowest BCUT2D eigenvalue weighted by atomic mass is 10.1. The van der Waals surface area contributed by atoms with Crippen molar-refractivity contribution in [3.05, 3.63) is 68.8 Å². The number of thiophene rings is 1. The molecule has 0 aliphatic carbocycles. The zero-order valence-corrected chi connectivity index (χ0v) is 14.1. The quantitative estimate of drug-likeness (QED) is 0.386. The maximum absolute atomic E-state index is 6.64. The maximum Gasteiger partial charge on any atom is 0.0928 e. The summed E-state index contributed by atoms with van der Waals surface area (Å²) in [4.78, 5) is 4.60. The molecule has 4 rings (SSSR count). The highest BCUT2D eigenvalue weighted by Gasteiger charge is 2.14. The summed E-state index contributed by atoms with van der Waals surface area (Å²) in [5.41, 5.74) is 3.44. The van der Waals surface area contributed by atoms with Crippen molar-refractivity contribution in [2.24, 2.45) is 0 Å². The van der Waals surface area contributed by atoms with E-state index in [-0.39, 0.29) is 5.38 Å². The highest BCUT2D eigenvalue weighted by molar-refractivity contribution is 9.11. The molecule has 0 amide bonds. The van der Waals surface area contributed by atoms with Crippen LogP contribution in [0.15, 0.2) is 58.4 Å². The van der Waals surface area contributed by atoms with Crippen LogP contribution >= 0.6 is 38.9 Å². The molecule has 1 atom stereocenters. The standard InChI is InChI=1S/C17H11BrClNS/c18-16-8-7-15(21-16)17(19)10-5-6-14-12(9-10)11-3-1-2-4-13(11)20-14/h1-9,17,20H. The third kappa shape index (κ3) is 2.30. The van der Waals surface area contributed by atoms with Crippen LogP contribution in [0.25, 0.3) is 21.8 Å². The molecule has 0 fully saturated rings. The Hall–Kier alpha value is -1.29. The van der Waals surface area contributed by atoms with Gasteiger partial charge in [-0.25, -0.2) is 0 Å². The smallest absolute Gasteiger partial charge is 0.0928 e. The summed E-state index contributed by atoms with van der Waals surface area (Å²) in [7, 11) is 0. The van der Waals surface area contributed by atoms with Gasteiger partial charge in [0.05, 0.1) is 9.16 Å². The molecule has 0 spiro atoms. The van der Waals surface area contributed by atoms with Crippen molar-refractivity contribution in [1.82, 2.24) is 4.98 Å². The third-order valence-corrected chi connectivity index (χ3v) is 5.97. The van der Waals surface area contributed by atoms with Gasteiger partial charge in [-0.2, -0.15) is 0 Å². The number of fused-ring (bicyclic) bond motifs is 3. The zero-order chi connectivity index (χ0) is 14.4. The molecule has 0 saturated heterocycles. The van der Waals surface area contributed by atoms with Crippen LogP contribution in [-0.2, 0) is 0 Å². The van der Waals surface area contributed by atoms with Gasteiger partial charge >= 0.3 is 0 Å². The van der Waals surface area contributed by atoms with Gasteiger partial charge in [-0.15, -0.1) is 22.9 Å². The highest BCUT2D eigenvalue weighted by Crippen LogP contribution is 2.37. The van der Waals surface area contributed by atoms with Crippen molar-refractivity contribution in [3.8, 4) is 0 Å². The molecule has 1 nitrogen and oxygen atoms in total. The van der Waals surface area contributed by atoms with Crippen LogP contribution in [0.2, 0.25) is 0 Å². The van der Waals surface area contributed by atoms with Crippen LogP contribution in [0.5, 0.6) is 0 Å². The van der Waals surface area contributed by atoms with E-state index < -0.39 is 0 Å². The van der Waals surface area contributed by atoms with Gasteiger partial charge in [0.25, 0.3) is 0 Å². The van der Waals surface area contributed by atoms with E-state index in [1.807, 2.05) is 12.1 Å². The molecular formula is C17H11BrClNS. The molecule has 1 N–H and O–H groups in total. The molecule has 2 aromatic carbocycles. The van der Waals surface area contributed by atoms with Gasteiger partial charge in [-0.05, 0) is 51.8 Å². The SMILES string of the molecule is ClC(c1ccc2[nH]c3ccccc3c2c1)c1ccc(Br)s1. The van der Waals surface area contributed by atoms with Crippen LogP contribution in [0.3, 0.4) is 0 Å². The van der Waals surface area contributed by atoms with Gasteiger partial charge in [-0.3, -0.25) is 0 Å². The molecule has 4 heteroatoms. The van der Waals surface area contributed by atoms with Gasteiger partial charge in [-0.1, -0.05) is 24.3 Å². The fraction of sp³-hybridized carbons (Fsp3) is 0.0588. The van der Waals surface area contributed by atoms with Gasteiger partial charge < -0.3 is 4.98 Å². The minimum Gasteiger partial charge on any atom is -0.355 e. The van der Waals surface area contributed by atoms with Gasteiger partial charge in [0.15, 0.2) is 0 Å². The second-order valence-corrected chi connectivity index (χ2v) is 7.91. The summed E-state index contributed by atoms with van der Waals surface area (Å²) in [5.74, 6) is 0. The van der Waals surface area contributed by atoms with Crippen LogP contribution in [-0.4, -0.2) is 4.98 Å². The molecule has 2 heterocycles. The largest absolute Gasteiger partial charge is 0.355 e. The minimum atomic E-state index is -0.112. The van der Waals surface area contributed by atoms with Crippen LogP contribution < -0.4 is 0 Å². The topological polar surface area (TPSA) is 15.8 Å². The first-order valence-corrected chi connectivity index (χ1v) is 8.66. The lowest BCUT2D eigenvalue weighted by molar-refractivity contribution is 1.19. The Morgan fingerprint density at radius 2 is 1.76 bits per heavy atom. The molecule has 4 aromatic rings. The van der Waals surface area contributed by atoms with Crippen LogP contribution in [0.1, 0.15) is 15.8 Å². The van der Waals surface area contributed by atoms with Crippen molar-refractivity contribution in [1.29, 1.82) is 0 Å². The van der Waals surface area contributed by atoms with E-state index in [0.29, 0.717) is 0 Å². The van der Waals surface area contributed by atoms with Crippen molar-refractivity contribution in [2.45, 2.75) is 5.38 Å². The van der Waals surface area contributed by atoms with Crippen LogP contribution in [0.4, 0.5) is 0 Å². The second kappa shape index (κ2) is 5.16. The Labute approximate surface area is 139 Å². The summed E-state index contributed by atoms with van der Waals surface area (Å²) < 4.78 is 1.11. The minimum absolute atomic E-state index is 0.112. The number of aromatic nitrogens is 1. The molecule has 104 valence electrons. The summed E-state index contributed by atoms with van der Waals surface area (Å²) in [6, 6.07) is 18.9. The predicted molar refractivity (Wildman–Crippen MR) is 95.5 cm³/mol. The van der Waals surface area contributed by atoms with Crippen molar-refractivity contribution in [2.75, 3.05) is 0 Å². The first-order chi connectivity index (χ1) is 10.2. The monoisotopic (exact) mass is 375 g/mol. The van der Waals surface area contributed by atoms with E-state index >= 15 is 0 Å². The number of hydrogen-bond donors (Lipinski definition) is 1. The van der Waals surface area contributed by atoms with Crippen molar-refractivity contribution in [3.63, 3.8) is 0 Å². The van der Waals surface area contributed by atoms with Gasteiger partial charge in [0.2, 0.25) is 0 Å². The molecular weight excluding hydrogens is 366 g/mol. The van der Waals surface area contributed by atoms with Gasteiger partial charge in [0, 0.05) is 26.7 Å². The molecule has 0 bridgehead atoms. The highest BCUT2D eigenvalue weighted by atomic mass is 79.9. The average molecular weight is 377 g/mol. The first kappa shape index (κ1) is 13.4. The van der Waals surface area contributed by atoms with Crippen LogP contribution in [0, 0.1) is 0 Å². The van der Waals surface area contributed by atoms with E-state index in [2.05, 4.69) is 63.4 Å². The number of rotatable bonds is 2. The predicted octanol–water partition coefficient (Wildman–Crippen LogP) is 6.47. The van der Waals surface area contributed by atoms with E-state index in [1.165, 1.54) is 10.8 Å². The second-order valence-electron chi connectivity index (χ2n) is 4.98. The number of benzene rings is 2. The molecule has 1 unspecified atom stereocenters. The Morgan fingerprint density at radius 1 is 0.952 bits per heavy atom. The van der Waals surface area contributed by atoms with Gasteiger partial charge in [0.1, 0.15) is 0 Å². The van der Waals surface area contributed by atoms with E-state index in [9.17, 15) is 0 Å². The Balaban J connectivity index is 1.88.